The number of carbonyl (C=O) groups is 1. The standard InChI is InChI=1S/C10H10ClFN4O2/c11-6-2-1-3-7(12)8(6)9(10(17)18)14-4-5-15-16-13/h1-3,9,14H,4-5H2,(H,17,18). The van der Waals surface area contributed by atoms with E-state index in [1.807, 2.05) is 0 Å². The first-order valence-electron chi connectivity index (χ1n) is 4.99. The molecule has 1 rings (SSSR count). The van der Waals surface area contributed by atoms with Crippen LogP contribution < -0.4 is 5.32 Å². The van der Waals surface area contributed by atoms with E-state index >= 15 is 0 Å². The molecule has 1 aromatic carbocycles. The zero-order valence-corrected chi connectivity index (χ0v) is 9.93. The van der Waals surface area contributed by atoms with E-state index in [9.17, 15) is 9.18 Å². The summed E-state index contributed by atoms with van der Waals surface area (Å²) in [7, 11) is 0. The summed E-state index contributed by atoms with van der Waals surface area (Å²) in [6.07, 6.45) is 0. The van der Waals surface area contributed by atoms with Crippen LogP contribution in [0.3, 0.4) is 0 Å². The molecule has 1 unspecified atom stereocenters. The van der Waals surface area contributed by atoms with Crippen molar-refractivity contribution in [3.63, 3.8) is 0 Å². The fourth-order valence-corrected chi connectivity index (χ4v) is 1.68. The molecule has 8 heteroatoms. The summed E-state index contributed by atoms with van der Waals surface area (Å²) in [4.78, 5) is 13.6. The van der Waals surface area contributed by atoms with Gasteiger partial charge in [0.2, 0.25) is 0 Å². The highest BCUT2D eigenvalue weighted by atomic mass is 35.5. The molecule has 0 radical (unpaired) electrons. The van der Waals surface area contributed by atoms with Gasteiger partial charge in [-0.3, -0.25) is 4.79 Å². The maximum Gasteiger partial charge on any atom is 0.325 e. The lowest BCUT2D eigenvalue weighted by atomic mass is 10.1. The Hall–Kier alpha value is -1.82. The molecule has 0 heterocycles. The van der Waals surface area contributed by atoms with Crippen molar-refractivity contribution in [2.24, 2.45) is 5.11 Å². The van der Waals surface area contributed by atoms with Gasteiger partial charge in [-0.25, -0.2) is 4.39 Å². The van der Waals surface area contributed by atoms with Crippen LogP contribution in [-0.4, -0.2) is 24.2 Å². The fourth-order valence-electron chi connectivity index (χ4n) is 1.40. The smallest absolute Gasteiger partial charge is 0.325 e. The molecular weight excluding hydrogens is 263 g/mol. The van der Waals surface area contributed by atoms with Crippen molar-refractivity contribution in [2.45, 2.75) is 6.04 Å². The first-order chi connectivity index (χ1) is 8.57. The third-order valence-corrected chi connectivity index (χ3v) is 2.49. The molecule has 0 spiro atoms. The molecule has 0 amide bonds. The normalized spacial score (nSPS) is 11.7. The summed E-state index contributed by atoms with van der Waals surface area (Å²) in [6.45, 7) is 0.165. The zero-order chi connectivity index (χ0) is 13.5. The lowest BCUT2D eigenvalue weighted by Gasteiger charge is -2.16. The molecule has 6 nitrogen and oxygen atoms in total. The van der Waals surface area contributed by atoms with Crippen LogP contribution in [0.4, 0.5) is 4.39 Å². The van der Waals surface area contributed by atoms with Crippen molar-refractivity contribution in [1.82, 2.24) is 5.32 Å². The Labute approximate surface area is 107 Å². The summed E-state index contributed by atoms with van der Waals surface area (Å²) < 4.78 is 13.6. The minimum absolute atomic E-state index is 0.0266. The monoisotopic (exact) mass is 272 g/mol. The number of nitrogens with one attached hydrogen (secondary N) is 1. The molecule has 0 aliphatic rings. The second kappa shape index (κ2) is 6.80. The van der Waals surface area contributed by atoms with Gasteiger partial charge in [0.1, 0.15) is 11.9 Å². The number of carboxylic acid groups (broad SMARTS) is 1. The molecule has 96 valence electrons. The van der Waals surface area contributed by atoms with Crippen LogP contribution in [0, 0.1) is 5.82 Å². The van der Waals surface area contributed by atoms with E-state index in [4.69, 9.17) is 22.2 Å². The number of benzene rings is 1. The summed E-state index contributed by atoms with van der Waals surface area (Å²) in [5.74, 6) is -1.96. The summed E-state index contributed by atoms with van der Waals surface area (Å²) in [6, 6.07) is 2.64. The summed E-state index contributed by atoms with van der Waals surface area (Å²) >= 11 is 5.78. The van der Waals surface area contributed by atoms with Gasteiger partial charge in [-0.1, -0.05) is 22.8 Å². The van der Waals surface area contributed by atoms with Gasteiger partial charge in [-0.2, -0.15) is 0 Å². The Bertz CT molecular complexity index is 471. The Morgan fingerprint density at radius 2 is 2.39 bits per heavy atom. The second-order valence-electron chi connectivity index (χ2n) is 3.32. The maximum atomic E-state index is 13.6. The molecule has 0 aliphatic carbocycles. The number of carboxylic acids is 1. The molecule has 1 atom stereocenters. The van der Waals surface area contributed by atoms with E-state index in [1.165, 1.54) is 12.1 Å². The number of nitrogens with zero attached hydrogens (tertiary/aromatic N) is 3. The number of halogens is 2. The van der Waals surface area contributed by atoms with Crippen molar-refractivity contribution in [3.8, 4) is 0 Å². The maximum absolute atomic E-state index is 13.6. The number of azide groups is 1. The number of aliphatic carboxylic acids is 1. The van der Waals surface area contributed by atoms with Crippen LogP contribution >= 0.6 is 11.6 Å². The van der Waals surface area contributed by atoms with Gasteiger partial charge in [0.05, 0.1) is 0 Å². The predicted molar refractivity (Wildman–Crippen MR) is 63.8 cm³/mol. The number of hydrogen-bond donors (Lipinski definition) is 2. The molecule has 1 aromatic rings. The quantitative estimate of drug-likeness (QED) is 0.360. The lowest BCUT2D eigenvalue weighted by Crippen LogP contribution is -2.31. The summed E-state index contributed by atoms with van der Waals surface area (Å²) in [5, 5.41) is 14.9. The van der Waals surface area contributed by atoms with Crippen LogP contribution in [0.15, 0.2) is 23.3 Å². The van der Waals surface area contributed by atoms with Gasteiger partial charge in [0, 0.05) is 28.6 Å². The van der Waals surface area contributed by atoms with E-state index in [2.05, 4.69) is 15.3 Å². The van der Waals surface area contributed by atoms with Gasteiger partial charge < -0.3 is 10.4 Å². The third-order valence-electron chi connectivity index (χ3n) is 2.16. The highest BCUT2D eigenvalue weighted by Crippen LogP contribution is 2.25. The van der Waals surface area contributed by atoms with Crippen molar-refractivity contribution in [3.05, 3.63) is 45.0 Å². The van der Waals surface area contributed by atoms with E-state index in [-0.39, 0.29) is 23.7 Å². The molecule has 0 fully saturated rings. The average molecular weight is 273 g/mol. The number of hydrogen-bond acceptors (Lipinski definition) is 3. The molecule has 0 aliphatic heterocycles. The molecule has 18 heavy (non-hydrogen) atoms. The largest absolute Gasteiger partial charge is 0.480 e. The SMILES string of the molecule is [N-]=[N+]=NCCNC(C(=O)O)c1c(F)cccc1Cl. The van der Waals surface area contributed by atoms with Crippen molar-refractivity contribution < 1.29 is 14.3 Å². The minimum atomic E-state index is -1.28. The van der Waals surface area contributed by atoms with Crippen molar-refractivity contribution in [1.29, 1.82) is 0 Å². The Morgan fingerprint density at radius 1 is 1.67 bits per heavy atom. The highest BCUT2D eigenvalue weighted by molar-refractivity contribution is 6.31. The second-order valence-corrected chi connectivity index (χ2v) is 3.72. The highest BCUT2D eigenvalue weighted by Gasteiger charge is 2.24. The molecule has 0 aromatic heterocycles. The first-order valence-corrected chi connectivity index (χ1v) is 5.36. The van der Waals surface area contributed by atoms with Crippen LogP contribution in [0.5, 0.6) is 0 Å². The van der Waals surface area contributed by atoms with Crippen LogP contribution in [0.25, 0.3) is 10.4 Å². The van der Waals surface area contributed by atoms with Gasteiger partial charge >= 0.3 is 5.97 Å². The molecule has 0 bridgehead atoms. The van der Waals surface area contributed by atoms with E-state index in [0.717, 1.165) is 6.07 Å². The molecule has 0 saturated heterocycles. The Morgan fingerprint density at radius 3 is 2.94 bits per heavy atom. The predicted octanol–water partition coefficient (Wildman–Crippen LogP) is 2.50. The van der Waals surface area contributed by atoms with Gasteiger partial charge in [0.25, 0.3) is 0 Å². The van der Waals surface area contributed by atoms with Gasteiger partial charge in [-0.15, -0.1) is 0 Å². The van der Waals surface area contributed by atoms with E-state index in [1.54, 1.807) is 0 Å². The third kappa shape index (κ3) is 3.59. The van der Waals surface area contributed by atoms with Gasteiger partial charge in [0.15, 0.2) is 0 Å². The lowest BCUT2D eigenvalue weighted by molar-refractivity contribution is -0.139. The fraction of sp³-hybridized carbons (Fsp3) is 0.300. The molecular formula is C10H10ClFN4O2. The first kappa shape index (κ1) is 14.2. The van der Waals surface area contributed by atoms with Crippen molar-refractivity contribution in [2.75, 3.05) is 13.1 Å². The zero-order valence-electron chi connectivity index (χ0n) is 9.18. The van der Waals surface area contributed by atoms with Crippen LogP contribution in [-0.2, 0) is 4.79 Å². The average Bonchev–Trinajstić information content (AvgIpc) is 2.31. The molecule has 2 N–H and O–H groups in total. The minimum Gasteiger partial charge on any atom is -0.480 e. The summed E-state index contributed by atoms with van der Waals surface area (Å²) in [5.41, 5.74) is 7.95. The van der Waals surface area contributed by atoms with Crippen molar-refractivity contribution >= 4 is 17.6 Å². The van der Waals surface area contributed by atoms with Crippen LogP contribution in [0.1, 0.15) is 11.6 Å². The van der Waals surface area contributed by atoms with Gasteiger partial charge in [-0.05, 0) is 17.7 Å². The Balaban J connectivity index is 2.91. The molecule has 0 saturated carbocycles. The topological polar surface area (TPSA) is 98.1 Å². The Kier molecular flexibility index (Phi) is 5.38. The van der Waals surface area contributed by atoms with E-state index in [0.29, 0.717) is 0 Å². The number of rotatable bonds is 6. The van der Waals surface area contributed by atoms with E-state index < -0.39 is 17.8 Å². The van der Waals surface area contributed by atoms with Crippen LogP contribution in [0.2, 0.25) is 5.02 Å².